The zero-order valence-electron chi connectivity index (χ0n) is 10.8. The van der Waals surface area contributed by atoms with Gasteiger partial charge in [0.1, 0.15) is 32.7 Å². The SMILES string of the molecule is Cc1ccc(C)c(C[NH+]2CC[NH+](C)CC2)c1. The third-order valence-corrected chi connectivity index (χ3v) is 3.76. The Labute approximate surface area is 98.9 Å². The summed E-state index contributed by atoms with van der Waals surface area (Å²) in [4.78, 5) is 3.43. The Balaban J connectivity index is 2.00. The summed E-state index contributed by atoms with van der Waals surface area (Å²) in [6, 6.07) is 6.82. The zero-order valence-corrected chi connectivity index (χ0v) is 10.8. The van der Waals surface area contributed by atoms with Crippen molar-refractivity contribution < 1.29 is 9.80 Å². The predicted octanol–water partition coefficient (Wildman–Crippen LogP) is -0.783. The van der Waals surface area contributed by atoms with Crippen LogP contribution in [0.3, 0.4) is 0 Å². The Bertz CT molecular complexity index is 352. The Morgan fingerprint density at radius 3 is 2.44 bits per heavy atom. The van der Waals surface area contributed by atoms with Crippen LogP contribution < -0.4 is 9.80 Å². The molecule has 0 saturated carbocycles. The summed E-state index contributed by atoms with van der Waals surface area (Å²) in [6.45, 7) is 10.9. The standard InChI is InChI=1S/C14H22N2/c1-12-4-5-13(2)14(10-12)11-16-8-6-15(3)7-9-16/h4-5,10H,6-9,11H2,1-3H3/p+2. The Morgan fingerprint density at radius 1 is 1.06 bits per heavy atom. The molecule has 2 nitrogen and oxygen atoms in total. The molecule has 0 amide bonds. The first-order valence-corrected chi connectivity index (χ1v) is 6.36. The number of piperazine rings is 1. The molecule has 1 aliphatic rings. The van der Waals surface area contributed by atoms with Crippen LogP contribution in [-0.2, 0) is 6.54 Å². The van der Waals surface area contributed by atoms with Gasteiger partial charge in [-0.2, -0.15) is 0 Å². The molecule has 0 atom stereocenters. The highest BCUT2D eigenvalue weighted by Gasteiger charge is 2.20. The summed E-state index contributed by atoms with van der Waals surface area (Å²) < 4.78 is 0. The van der Waals surface area contributed by atoms with Crippen molar-refractivity contribution in [3.05, 3.63) is 34.9 Å². The van der Waals surface area contributed by atoms with Crippen molar-refractivity contribution in [2.45, 2.75) is 20.4 Å². The highest BCUT2D eigenvalue weighted by atomic mass is 15.2. The smallest absolute Gasteiger partial charge is 0.127 e. The number of nitrogens with one attached hydrogen (secondary N) is 2. The minimum atomic E-state index is 1.21. The summed E-state index contributed by atoms with van der Waals surface area (Å²) in [5.41, 5.74) is 4.37. The molecular formula is C14H24N2+2. The highest BCUT2D eigenvalue weighted by Crippen LogP contribution is 2.09. The van der Waals surface area contributed by atoms with Gasteiger partial charge in [-0.3, -0.25) is 0 Å². The Kier molecular flexibility index (Phi) is 3.62. The fourth-order valence-electron chi connectivity index (χ4n) is 2.47. The maximum Gasteiger partial charge on any atom is 0.127 e. The summed E-state index contributed by atoms with van der Waals surface area (Å²) >= 11 is 0. The van der Waals surface area contributed by atoms with E-state index in [4.69, 9.17) is 0 Å². The van der Waals surface area contributed by atoms with Gasteiger partial charge in [-0.05, 0) is 19.4 Å². The summed E-state index contributed by atoms with van der Waals surface area (Å²) in [7, 11) is 2.30. The molecule has 16 heavy (non-hydrogen) atoms. The maximum atomic E-state index is 2.35. The molecule has 0 spiro atoms. The van der Waals surface area contributed by atoms with Crippen molar-refractivity contribution in [1.29, 1.82) is 0 Å². The fraction of sp³-hybridized carbons (Fsp3) is 0.571. The normalized spacial score (nSPS) is 25.7. The van der Waals surface area contributed by atoms with E-state index in [1.54, 1.807) is 9.80 Å². The molecule has 88 valence electrons. The van der Waals surface area contributed by atoms with E-state index in [2.05, 4.69) is 39.1 Å². The van der Waals surface area contributed by atoms with Gasteiger partial charge in [0, 0.05) is 5.56 Å². The molecule has 1 aliphatic heterocycles. The van der Waals surface area contributed by atoms with E-state index in [-0.39, 0.29) is 0 Å². The lowest BCUT2D eigenvalue weighted by Crippen LogP contribution is -3.26. The lowest BCUT2D eigenvalue weighted by molar-refractivity contribution is -1.01. The molecule has 1 aromatic carbocycles. The van der Waals surface area contributed by atoms with Crippen molar-refractivity contribution >= 4 is 0 Å². The summed E-state index contributed by atoms with van der Waals surface area (Å²) in [5, 5.41) is 0. The quantitative estimate of drug-likeness (QED) is 0.647. The lowest BCUT2D eigenvalue weighted by atomic mass is 10.0. The maximum absolute atomic E-state index is 2.35. The predicted molar refractivity (Wildman–Crippen MR) is 66.9 cm³/mol. The molecule has 0 bridgehead atoms. The molecule has 0 radical (unpaired) electrons. The molecule has 0 unspecified atom stereocenters. The number of benzene rings is 1. The van der Waals surface area contributed by atoms with Crippen LogP contribution in [0.15, 0.2) is 18.2 Å². The van der Waals surface area contributed by atoms with Gasteiger partial charge < -0.3 is 9.80 Å². The molecule has 0 aromatic heterocycles. The molecule has 2 N–H and O–H groups in total. The zero-order chi connectivity index (χ0) is 11.5. The van der Waals surface area contributed by atoms with Crippen molar-refractivity contribution in [3.8, 4) is 0 Å². The van der Waals surface area contributed by atoms with Gasteiger partial charge in [0.2, 0.25) is 0 Å². The first kappa shape index (κ1) is 11.6. The third-order valence-electron chi connectivity index (χ3n) is 3.76. The van der Waals surface area contributed by atoms with Crippen molar-refractivity contribution in [2.75, 3.05) is 33.2 Å². The van der Waals surface area contributed by atoms with E-state index < -0.39 is 0 Å². The van der Waals surface area contributed by atoms with Gasteiger partial charge in [0.25, 0.3) is 0 Å². The molecule has 1 saturated heterocycles. The topological polar surface area (TPSA) is 8.88 Å². The number of quaternary nitrogens is 2. The van der Waals surface area contributed by atoms with Crippen LogP contribution in [0.1, 0.15) is 16.7 Å². The monoisotopic (exact) mass is 220 g/mol. The average Bonchev–Trinajstić information content (AvgIpc) is 2.27. The van der Waals surface area contributed by atoms with E-state index >= 15 is 0 Å². The number of likely N-dealkylation sites (N-methyl/N-ethyl adjacent to an activating group) is 1. The van der Waals surface area contributed by atoms with Gasteiger partial charge in [0.05, 0.1) is 7.05 Å². The van der Waals surface area contributed by atoms with E-state index in [1.807, 2.05) is 0 Å². The van der Waals surface area contributed by atoms with Crippen LogP contribution in [-0.4, -0.2) is 33.2 Å². The average molecular weight is 220 g/mol. The van der Waals surface area contributed by atoms with E-state index in [1.165, 1.54) is 49.4 Å². The number of rotatable bonds is 2. The van der Waals surface area contributed by atoms with Gasteiger partial charge in [-0.1, -0.05) is 23.8 Å². The fourth-order valence-corrected chi connectivity index (χ4v) is 2.47. The van der Waals surface area contributed by atoms with Crippen molar-refractivity contribution in [1.82, 2.24) is 0 Å². The second kappa shape index (κ2) is 4.98. The molecular weight excluding hydrogens is 196 g/mol. The minimum Gasteiger partial charge on any atom is -0.328 e. The van der Waals surface area contributed by atoms with Crippen LogP contribution in [0.4, 0.5) is 0 Å². The van der Waals surface area contributed by atoms with Gasteiger partial charge >= 0.3 is 0 Å². The minimum absolute atomic E-state index is 1.21. The van der Waals surface area contributed by atoms with Crippen molar-refractivity contribution in [3.63, 3.8) is 0 Å². The molecule has 1 fully saturated rings. The first-order chi connectivity index (χ1) is 7.65. The van der Waals surface area contributed by atoms with Crippen LogP contribution in [0, 0.1) is 13.8 Å². The molecule has 1 aromatic rings. The van der Waals surface area contributed by atoms with Crippen LogP contribution in [0.2, 0.25) is 0 Å². The largest absolute Gasteiger partial charge is 0.328 e. The van der Waals surface area contributed by atoms with Crippen LogP contribution in [0.5, 0.6) is 0 Å². The number of hydrogen-bond acceptors (Lipinski definition) is 0. The molecule has 2 rings (SSSR count). The first-order valence-electron chi connectivity index (χ1n) is 6.36. The van der Waals surface area contributed by atoms with E-state index in [0.717, 1.165) is 0 Å². The highest BCUT2D eigenvalue weighted by molar-refractivity contribution is 5.29. The van der Waals surface area contributed by atoms with Gasteiger partial charge in [0.15, 0.2) is 0 Å². The second-order valence-electron chi connectivity index (χ2n) is 5.31. The molecule has 0 aliphatic carbocycles. The van der Waals surface area contributed by atoms with Crippen molar-refractivity contribution in [2.24, 2.45) is 0 Å². The number of hydrogen-bond donors (Lipinski definition) is 2. The lowest BCUT2D eigenvalue weighted by Gasteiger charge is -2.27. The van der Waals surface area contributed by atoms with Gasteiger partial charge in [-0.15, -0.1) is 0 Å². The van der Waals surface area contributed by atoms with Gasteiger partial charge in [-0.25, -0.2) is 0 Å². The molecule has 1 heterocycles. The van der Waals surface area contributed by atoms with E-state index in [0.29, 0.717) is 0 Å². The van der Waals surface area contributed by atoms with E-state index in [9.17, 15) is 0 Å². The number of aryl methyl sites for hydroxylation is 2. The second-order valence-corrected chi connectivity index (χ2v) is 5.31. The summed E-state index contributed by atoms with van der Waals surface area (Å²) in [6.07, 6.45) is 0. The Hall–Kier alpha value is -0.860. The Morgan fingerprint density at radius 2 is 1.75 bits per heavy atom. The summed E-state index contributed by atoms with van der Waals surface area (Å²) in [5.74, 6) is 0. The molecule has 2 heteroatoms. The third kappa shape index (κ3) is 2.83. The van der Waals surface area contributed by atoms with Crippen LogP contribution >= 0.6 is 0 Å². The van der Waals surface area contributed by atoms with Crippen LogP contribution in [0.25, 0.3) is 0 Å².